The number of ether oxygens (including phenoxy) is 2. The van der Waals surface area contributed by atoms with E-state index in [0.717, 1.165) is 40.4 Å². The van der Waals surface area contributed by atoms with Crippen molar-refractivity contribution in [1.29, 1.82) is 0 Å². The van der Waals surface area contributed by atoms with Crippen molar-refractivity contribution in [2.24, 2.45) is 0 Å². The summed E-state index contributed by atoms with van der Waals surface area (Å²) in [5.74, 6) is 1.46. The van der Waals surface area contributed by atoms with Crippen LogP contribution in [0.2, 0.25) is 0 Å². The van der Waals surface area contributed by atoms with Crippen LogP contribution in [0.15, 0.2) is 30.5 Å². The molecule has 1 N–H and O–H groups in total. The van der Waals surface area contributed by atoms with Gasteiger partial charge >= 0.3 is 0 Å². The minimum absolute atomic E-state index is 0.725. The summed E-state index contributed by atoms with van der Waals surface area (Å²) in [6, 6.07) is 8.08. The molecule has 0 atom stereocenters. The van der Waals surface area contributed by atoms with Gasteiger partial charge in [-0.15, -0.1) is 0 Å². The summed E-state index contributed by atoms with van der Waals surface area (Å²) >= 11 is 0. The molecule has 0 aliphatic carbocycles. The Morgan fingerprint density at radius 2 is 1.80 bits per heavy atom. The highest BCUT2D eigenvalue weighted by molar-refractivity contribution is 5.70. The number of aromatic nitrogens is 1. The van der Waals surface area contributed by atoms with Gasteiger partial charge in [0.2, 0.25) is 0 Å². The van der Waals surface area contributed by atoms with Crippen molar-refractivity contribution in [2.75, 3.05) is 21.3 Å². The van der Waals surface area contributed by atoms with E-state index in [9.17, 15) is 0 Å². The number of methoxy groups -OCH3 is 2. The molecule has 2 rings (SSSR count). The minimum Gasteiger partial charge on any atom is -0.493 e. The SMILES string of the molecule is CNCc1cc(OC)c(OC)cc1-c1ccc(C)nc1. The topological polar surface area (TPSA) is 43.4 Å². The molecule has 0 fully saturated rings. The van der Waals surface area contributed by atoms with E-state index in [0.29, 0.717) is 0 Å². The van der Waals surface area contributed by atoms with Gasteiger partial charge in [-0.1, -0.05) is 6.07 Å². The second-order valence-corrected chi connectivity index (χ2v) is 4.58. The molecule has 4 nitrogen and oxygen atoms in total. The standard InChI is InChI=1S/C16H20N2O2/c1-11-5-6-12(10-18-11)14-8-16(20-4)15(19-3)7-13(14)9-17-2/h5-8,10,17H,9H2,1-4H3. The van der Waals surface area contributed by atoms with Gasteiger partial charge in [-0.05, 0) is 43.3 Å². The second-order valence-electron chi connectivity index (χ2n) is 4.58. The minimum atomic E-state index is 0.725. The van der Waals surface area contributed by atoms with Crippen molar-refractivity contribution in [2.45, 2.75) is 13.5 Å². The Kier molecular flexibility index (Phi) is 4.58. The Morgan fingerprint density at radius 1 is 1.10 bits per heavy atom. The van der Waals surface area contributed by atoms with Gasteiger partial charge in [0.1, 0.15) is 0 Å². The van der Waals surface area contributed by atoms with Crippen LogP contribution in [0.4, 0.5) is 0 Å². The Balaban J connectivity index is 2.56. The van der Waals surface area contributed by atoms with Crippen LogP contribution in [0.1, 0.15) is 11.3 Å². The molecule has 0 aliphatic rings. The molecule has 0 bridgehead atoms. The first kappa shape index (κ1) is 14.3. The molecule has 0 amide bonds. The predicted octanol–water partition coefficient (Wildman–Crippen LogP) is 2.79. The molecule has 1 heterocycles. The van der Waals surface area contributed by atoms with Crippen LogP contribution >= 0.6 is 0 Å². The zero-order valence-electron chi connectivity index (χ0n) is 12.4. The number of nitrogens with zero attached hydrogens (tertiary/aromatic N) is 1. The quantitative estimate of drug-likeness (QED) is 0.909. The van der Waals surface area contributed by atoms with E-state index in [-0.39, 0.29) is 0 Å². The lowest BCUT2D eigenvalue weighted by molar-refractivity contribution is 0.354. The van der Waals surface area contributed by atoms with Gasteiger partial charge in [-0.3, -0.25) is 4.98 Å². The zero-order chi connectivity index (χ0) is 14.5. The number of rotatable bonds is 5. The molecule has 1 aromatic carbocycles. The van der Waals surface area contributed by atoms with Gasteiger partial charge in [-0.2, -0.15) is 0 Å². The van der Waals surface area contributed by atoms with Crippen LogP contribution < -0.4 is 14.8 Å². The smallest absolute Gasteiger partial charge is 0.161 e. The molecular formula is C16H20N2O2. The third kappa shape index (κ3) is 2.91. The summed E-state index contributed by atoms with van der Waals surface area (Å²) in [6.45, 7) is 2.73. The highest BCUT2D eigenvalue weighted by atomic mass is 16.5. The van der Waals surface area contributed by atoms with Crippen LogP contribution in [-0.2, 0) is 6.54 Å². The number of hydrogen-bond acceptors (Lipinski definition) is 4. The maximum absolute atomic E-state index is 5.39. The van der Waals surface area contributed by atoms with E-state index >= 15 is 0 Å². The van der Waals surface area contributed by atoms with Gasteiger partial charge in [0.05, 0.1) is 14.2 Å². The van der Waals surface area contributed by atoms with Crippen LogP contribution in [-0.4, -0.2) is 26.3 Å². The lowest BCUT2D eigenvalue weighted by Gasteiger charge is -2.15. The zero-order valence-corrected chi connectivity index (χ0v) is 12.4. The summed E-state index contributed by atoms with van der Waals surface area (Å²) in [7, 11) is 5.22. The van der Waals surface area contributed by atoms with Crippen molar-refractivity contribution in [1.82, 2.24) is 10.3 Å². The maximum Gasteiger partial charge on any atom is 0.161 e. The van der Waals surface area contributed by atoms with E-state index in [1.54, 1.807) is 14.2 Å². The van der Waals surface area contributed by atoms with Gasteiger partial charge in [0.15, 0.2) is 11.5 Å². The van der Waals surface area contributed by atoms with Crippen LogP contribution in [0.25, 0.3) is 11.1 Å². The lowest BCUT2D eigenvalue weighted by atomic mass is 9.99. The van der Waals surface area contributed by atoms with Crippen molar-refractivity contribution in [3.63, 3.8) is 0 Å². The van der Waals surface area contributed by atoms with E-state index in [1.807, 2.05) is 38.4 Å². The molecule has 0 saturated carbocycles. The largest absolute Gasteiger partial charge is 0.493 e. The van der Waals surface area contributed by atoms with Gasteiger partial charge < -0.3 is 14.8 Å². The third-order valence-electron chi connectivity index (χ3n) is 3.20. The fraction of sp³-hybridized carbons (Fsp3) is 0.312. The van der Waals surface area contributed by atoms with E-state index in [4.69, 9.17) is 9.47 Å². The average molecular weight is 272 g/mol. The molecule has 0 radical (unpaired) electrons. The molecule has 0 saturated heterocycles. The van der Waals surface area contributed by atoms with E-state index in [2.05, 4.69) is 16.4 Å². The molecule has 0 spiro atoms. The summed E-state index contributed by atoms with van der Waals surface area (Å²) in [5.41, 5.74) is 4.33. The fourth-order valence-corrected chi connectivity index (χ4v) is 2.15. The Bertz CT molecular complexity index is 580. The Morgan fingerprint density at radius 3 is 2.35 bits per heavy atom. The second kappa shape index (κ2) is 6.39. The monoisotopic (exact) mass is 272 g/mol. The van der Waals surface area contributed by atoms with Crippen molar-refractivity contribution < 1.29 is 9.47 Å². The average Bonchev–Trinajstić information content (AvgIpc) is 2.48. The van der Waals surface area contributed by atoms with Crippen LogP contribution in [0.3, 0.4) is 0 Å². The molecular weight excluding hydrogens is 252 g/mol. The summed E-state index contributed by atoms with van der Waals surface area (Å²) in [5, 5.41) is 3.18. The first-order valence-electron chi connectivity index (χ1n) is 6.52. The maximum atomic E-state index is 5.39. The van der Waals surface area contributed by atoms with Crippen LogP contribution in [0, 0.1) is 6.92 Å². The highest BCUT2D eigenvalue weighted by Crippen LogP contribution is 2.35. The first-order valence-corrected chi connectivity index (χ1v) is 6.52. The van der Waals surface area contributed by atoms with Crippen molar-refractivity contribution in [3.8, 4) is 22.6 Å². The normalized spacial score (nSPS) is 10.4. The van der Waals surface area contributed by atoms with E-state index in [1.165, 1.54) is 0 Å². The number of nitrogens with one attached hydrogen (secondary N) is 1. The summed E-state index contributed by atoms with van der Waals surface area (Å²) in [4.78, 5) is 4.36. The first-order chi connectivity index (χ1) is 9.69. The Labute approximate surface area is 119 Å². The molecule has 106 valence electrons. The van der Waals surface area contributed by atoms with Gasteiger partial charge in [0, 0.05) is 24.0 Å². The van der Waals surface area contributed by atoms with Crippen molar-refractivity contribution >= 4 is 0 Å². The number of aryl methyl sites for hydroxylation is 1. The van der Waals surface area contributed by atoms with Crippen LogP contribution in [0.5, 0.6) is 11.5 Å². The Hall–Kier alpha value is -2.07. The number of pyridine rings is 1. The summed E-state index contributed by atoms with van der Waals surface area (Å²) in [6.07, 6.45) is 1.88. The van der Waals surface area contributed by atoms with Gasteiger partial charge in [0.25, 0.3) is 0 Å². The lowest BCUT2D eigenvalue weighted by Crippen LogP contribution is -2.07. The number of hydrogen-bond donors (Lipinski definition) is 1. The fourth-order valence-electron chi connectivity index (χ4n) is 2.15. The molecule has 4 heteroatoms. The third-order valence-corrected chi connectivity index (χ3v) is 3.20. The highest BCUT2D eigenvalue weighted by Gasteiger charge is 2.12. The molecule has 2 aromatic rings. The molecule has 20 heavy (non-hydrogen) atoms. The molecule has 1 aromatic heterocycles. The van der Waals surface area contributed by atoms with Gasteiger partial charge in [-0.25, -0.2) is 0 Å². The summed E-state index contributed by atoms with van der Waals surface area (Å²) < 4.78 is 10.8. The molecule has 0 aliphatic heterocycles. The number of benzene rings is 1. The molecule has 0 unspecified atom stereocenters. The predicted molar refractivity (Wildman–Crippen MR) is 80.3 cm³/mol. The van der Waals surface area contributed by atoms with E-state index < -0.39 is 0 Å². The van der Waals surface area contributed by atoms with Crippen molar-refractivity contribution in [3.05, 3.63) is 41.7 Å².